The average molecular weight is 280 g/mol. The molecule has 0 saturated carbocycles. The van der Waals surface area contributed by atoms with Crippen LogP contribution in [0, 0.1) is 0 Å². The van der Waals surface area contributed by atoms with Crippen LogP contribution >= 0.6 is 0 Å². The van der Waals surface area contributed by atoms with Crippen LogP contribution in [0.3, 0.4) is 0 Å². The third-order valence-electron chi connectivity index (χ3n) is 2.83. The predicted octanol–water partition coefficient (Wildman–Crippen LogP) is -0.505. The quantitative estimate of drug-likeness (QED) is 0.523. The fourth-order valence-corrected chi connectivity index (χ4v) is 3.32. The Balaban J connectivity index is 2.73. The molecule has 1 rings (SSSR count). The summed E-state index contributed by atoms with van der Waals surface area (Å²) >= 11 is 0. The van der Waals surface area contributed by atoms with Gasteiger partial charge in [-0.05, 0) is 19.3 Å². The van der Waals surface area contributed by atoms with E-state index in [2.05, 4.69) is 9.46 Å². The zero-order valence-electron chi connectivity index (χ0n) is 10.7. The Morgan fingerprint density at radius 3 is 2.72 bits per heavy atom. The molecule has 1 heterocycles. The number of nitrogens with one attached hydrogen (secondary N) is 1. The number of carbonyl (C=O) groups excluding carboxylic acids is 1. The molecule has 1 atom stereocenters. The van der Waals surface area contributed by atoms with Crippen molar-refractivity contribution in [2.45, 2.75) is 25.3 Å². The van der Waals surface area contributed by atoms with Gasteiger partial charge in [0.05, 0.1) is 13.7 Å². The summed E-state index contributed by atoms with van der Waals surface area (Å²) in [6.07, 6.45) is 2.07. The molecule has 0 aromatic carbocycles. The first-order valence-electron chi connectivity index (χ1n) is 5.86. The maximum Gasteiger partial charge on any atom is 0.324 e. The van der Waals surface area contributed by atoms with Gasteiger partial charge in [0.1, 0.15) is 6.04 Å². The van der Waals surface area contributed by atoms with E-state index in [0.29, 0.717) is 13.0 Å². The predicted molar refractivity (Wildman–Crippen MR) is 65.2 cm³/mol. The number of ether oxygens (including phenoxy) is 2. The van der Waals surface area contributed by atoms with Crippen LogP contribution < -0.4 is 4.72 Å². The number of nitrogens with zero attached hydrogens (tertiary/aromatic N) is 1. The molecule has 1 fully saturated rings. The van der Waals surface area contributed by atoms with E-state index in [-0.39, 0.29) is 13.2 Å². The number of hydrogen-bond donors (Lipinski definition) is 1. The van der Waals surface area contributed by atoms with Crippen LogP contribution in [0.4, 0.5) is 0 Å². The molecular weight excluding hydrogens is 260 g/mol. The maximum atomic E-state index is 12.0. The molecule has 1 saturated heterocycles. The minimum atomic E-state index is -3.66. The highest BCUT2D eigenvalue weighted by atomic mass is 32.2. The zero-order valence-corrected chi connectivity index (χ0v) is 11.5. The number of piperidine rings is 1. The summed E-state index contributed by atoms with van der Waals surface area (Å²) in [6, 6.07) is -0.719. The van der Waals surface area contributed by atoms with Crippen LogP contribution in [0.15, 0.2) is 0 Å². The van der Waals surface area contributed by atoms with Crippen molar-refractivity contribution < 1.29 is 22.7 Å². The summed E-state index contributed by atoms with van der Waals surface area (Å²) in [7, 11) is -0.901. The molecule has 1 aliphatic rings. The average Bonchev–Trinajstić information content (AvgIpc) is 2.38. The molecule has 0 aromatic heterocycles. The molecule has 7 nitrogen and oxygen atoms in total. The number of methoxy groups -OCH3 is 2. The van der Waals surface area contributed by atoms with Gasteiger partial charge >= 0.3 is 5.97 Å². The SMILES string of the molecule is COCCNS(=O)(=O)N1CCCCC1C(=O)OC. The first-order chi connectivity index (χ1) is 8.53. The lowest BCUT2D eigenvalue weighted by Crippen LogP contribution is -2.52. The summed E-state index contributed by atoms with van der Waals surface area (Å²) in [5, 5.41) is 0. The largest absolute Gasteiger partial charge is 0.468 e. The van der Waals surface area contributed by atoms with E-state index < -0.39 is 22.2 Å². The minimum absolute atomic E-state index is 0.184. The molecule has 0 amide bonds. The lowest BCUT2D eigenvalue weighted by molar-refractivity contribution is -0.146. The molecule has 0 radical (unpaired) electrons. The molecule has 18 heavy (non-hydrogen) atoms. The maximum absolute atomic E-state index is 12.0. The Morgan fingerprint density at radius 2 is 2.11 bits per heavy atom. The Kier molecular flexibility index (Phi) is 6.00. The van der Waals surface area contributed by atoms with Crippen molar-refractivity contribution >= 4 is 16.2 Å². The Bertz CT molecular complexity index is 370. The summed E-state index contributed by atoms with van der Waals surface area (Å²) in [5.74, 6) is -0.508. The van der Waals surface area contributed by atoms with Gasteiger partial charge in [-0.25, -0.2) is 0 Å². The fraction of sp³-hybridized carbons (Fsp3) is 0.900. The lowest BCUT2D eigenvalue weighted by Gasteiger charge is -2.32. The van der Waals surface area contributed by atoms with E-state index in [1.807, 2.05) is 0 Å². The second kappa shape index (κ2) is 7.03. The second-order valence-corrected chi connectivity index (χ2v) is 5.75. The van der Waals surface area contributed by atoms with Gasteiger partial charge < -0.3 is 9.47 Å². The highest BCUT2D eigenvalue weighted by Crippen LogP contribution is 2.20. The molecule has 8 heteroatoms. The van der Waals surface area contributed by atoms with Crippen molar-refractivity contribution in [2.75, 3.05) is 33.9 Å². The molecule has 106 valence electrons. The third kappa shape index (κ3) is 3.91. The van der Waals surface area contributed by atoms with Crippen molar-refractivity contribution in [3.8, 4) is 0 Å². The van der Waals surface area contributed by atoms with Crippen LogP contribution in [-0.2, 0) is 24.5 Å². The summed E-state index contributed by atoms with van der Waals surface area (Å²) in [6.45, 7) is 0.807. The van der Waals surface area contributed by atoms with Crippen molar-refractivity contribution in [3.05, 3.63) is 0 Å². The third-order valence-corrected chi connectivity index (χ3v) is 4.45. The van der Waals surface area contributed by atoms with Crippen LogP contribution in [0.5, 0.6) is 0 Å². The van der Waals surface area contributed by atoms with Crippen molar-refractivity contribution in [3.63, 3.8) is 0 Å². The van der Waals surface area contributed by atoms with E-state index >= 15 is 0 Å². The number of carbonyl (C=O) groups is 1. The second-order valence-electron chi connectivity index (χ2n) is 4.04. The summed E-state index contributed by atoms with van der Waals surface area (Å²) in [5.41, 5.74) is 0. The first-order valence-corrected chi connectivity index (χ1v) is 7.30. The highest BCUT2D eigenvalue weighted by molar-refractivity contribution is 7.87. The van der Waals surface area contributed by atoms with Gasteiger partial charge in [-0.1, -0.05) is 0 Å². The molecule has 1 N–H and O–H groups in total. The van der Waals surface area contributed by atoms with Gasteiger partial charge in [0.2, 0.25) is 0 Å². The van der Waals surface area contributed by atoms with Crippen LogP contribution in [0.2, 0.25) is 0 Å². The molecule has 0 bridgehead atoms. The van der Waals surface area contributed by atoms with Gasteiger partial charge in [0.25, 0.3) is 10.2 Å². The zero-order chi connectivity index (χ0) is 13.6. The first kappa shape index (κ1) is 15.4. The smallest absolute Gasteiger partial charge is 0.324 e. The standard InChI is InChI=1S/C10H20N2O5S/c1-16-8-6-11-18(14,15)12-7-4-3-5-9(12)10(13)17-2/h9,11H,3-8H2,1-2H3. The van der Waals surface area contributed by atoms with E-state index in [1.54, 1.807) is 0 Å². The molecule has 1 unspecified atom stereocenters. The van der Waals surface area contributed by atoms with Gasteiger partial charge in [-0.3, -0.25) is 4.79 Å². The van der Waals surface area contributed by atoms with Crippen LogP contribution in [0.1, 0.15) is 19.3 Å². The van der Waals surface area contributed by atoms with Gasteiger partial charge in [-0.2, -0.15) is 17.4 Å². The molecular formula is C10H20N2O5S. The van der Waals surface area contributed by atoms with Crippen molar-refractivity contribution in [2.24, 2.45) is 0 Å². The fourth-order valence-electron chi connectivity index (χ4n) is 1.92. The lowest BCUT2D eigenvalue weighted by atomic mass is 10.1. The van der Waals surface area contributed by atoms with Crippen molar-refractivity contribution in [1.29, 1.82) is 0 Å². The van der Waals surface area contributed by atoms with E-state index in [4.69, 9.17) is 4.74 Å². The van der Waals surface area contributed by atoms with Gasteiger partial charge in [0, 0.05) is 20.2 Å². The van der Waals surface area contributed by atoms with E-state index in [9.17, 15) is 13.2 Å². The van der Waals surface area contributed by atoms with Crippen LogP contribution in [0.25, 0.3) is 0 Å². The number of esters is 1. The monoisotopic (exact) mass is 280 g/mol. The number of rotatable bonds is 6. The Labute approximate surface area is 108 Å². The summed E-state index contributed by atoms with van der Waals surface area (Å²) < 4.78 is 37.1. The molecule has 0 aliphatic carbocycles. The highest BCUT2D eigenvalue weighted by Gasteiger charge is 2.37. The topological polar surface area (TPSA) is 84.9 Å². The minimum Gasteiger partial charge on any atom is -0.468 e. The normalized spacial score (nSPS) is 21.8. The summed E-state index contributed by atoms with van der Waals surface area (Å²) in [4.78, 5) is 11.6. The Hall–Kier alpha value is -0.700. The van der Waals surface area contributed by atoms with Crippen LogP contribution in [-0.4, -0.2) is 58.7 Å². The number of hydrogen-bond acceptors (Lipinski definition) is 5. The molecule has 1 aliphatic heterocycles. The molecule has 0 aromatic rings. The van der Waals surface area contributed by atoms with Gasteiger partial charge in [0.15, 0.2) is 0 Å². The molecule has 0 spiro atoms. The van der Waals surface area contributed by atoms with Gasteiger partial charge in [-0.15, -0.1) is 0 Å². The van der Waals surface area contributed by atoms with E-state index in [1.165, 1.54) is 18.5 Å². The Morgan fingerprint density at radius 1 is 1.39 bits per heavy atom. The van der Waals surface area contributed by atoms with Crippen molar-refractivity contribution in [1.82, 2.24) is 9.03 Å². The van der Waals surface area contributed by atoms with E-state index in [0.717, 1.165) is 12.8 Å².